The molecule has 1 saturated carbocycles. The Morgan fingerprint density at radius 3 is 2.67 bits per heavy atom. The number of benzene rings is 1. The fourth-order valence-corrected chi connectivity index (χ4v) is 3.21. The molecule has 0 spiro atoms. The van der Waals surface area contributed by atoms with Crippen molar-refractivity contribution in [3.63, 3.8) is 0 Å². The summed E-state index contributed by atoms with van der Waals surface area (Å²) in [6, 6.07) is 6.87. The molecule has 0 unspecified atom stereocenters. The lowest BCUT2D eigenvalue weighted by atomic mass is 9.96. The number of imide groups is 1. The SMILES string of the molecule is C[C@H](OC(=O)C1=Cc2ccccc2OC1)C(=O)NC(=O)NC1CCCCC1. The zero-order valence-corrected chi connectivity index (χ0v) is 15.3. The largest absolute Gasteiger partial charge is 0.488 e. The molecule has 1 aromatic carbocycles. The summed E-state index contributed by atoms with van der Waals surface area (Å²) in [5, 5.41) is 5.02. The second kappa shape index (κ2) is 8.70. The lowest BCUT2D eigenvalue weighted by Crippen LogP contribution is -2.48. The van der Waals surface area contributed by atoms with Gasteiger partial charge in [-0.05, 0) is 31.9 Å². The van der Waals surface area contributed by atoms with Crippen molar-refractivity contribution in [1.29, 1.82) is 0 Å². The normalized spacial score (nSPS) is 17.6. The van der Waals surface area contributed by atoms with E-state index in [4.69, 9.17) is 9.47 Å². The topological polar surface area (TPSA) is 93.7 Å². The van der Waals surface area contributed by atoms with Gasteiger partial charge in [0.15, 0.2) is 6.10 Å². The Bertz CT molecular complexity index is 752. The average Bonchev–Trinajstić information content (AvgIpc) is 2.68. The van der Waals surface area contributed by atoms with Crippen LogP contribution in [0.5, 0.6) is 5.75 Å². The minimum absolute atomic E-state index is 0.0757. The van der Waals surface area contributed by atoms with Crippen molar-refractivity contribution in [3.05, 3.63) is 35.4 Å². The van der Waals surface area contributed by atoms with Gasteiger partial charge in [0.05, 0.1) is 5.57 Å². The van der Waals surface area contributed by atoms with Gasteiger partial charge in [0.1, 0.15) is 12.4 Å². The Morgan fingerprint density at radius 2 is 1.89 bits per heavy atom. The molecule has 1 aromatic rings. The van der Waals surface area contributed by atoms with E-state index in [9.17, 15) is 14.4 Å². The molecule has 0 bridgehead atoms. The molecule has 0 radical (unpaired) electrons. The van der Waals surface area contributed by atoms with Gasteiger partial charge in [-0.2, -0.15) is 0 Å². The summed E-state index contributed by atoms with van der Waals surface area (Å²) < 4.78 is 10.7. The Kier molecular flexibility index (Phi) is 6.11. The van der Waals surface area contributed by atoms with Gasteiger partial charge in [0.2, 0.25) is 0 Å². The molecule has 1 atom stereocenters. The molecule has 1 heterocycles. The molecular weight excluding hydrogens is 348 g/mol. The number of hydrogen-bond donors (Lipinski definition) is 2. The van der Waals surface area contributed by atoms with Crippen LogP contribution in [0.3, 0.4) is 0 Å². The first kappa shape index (κ1) is 18.9. The van der Waals surface area contributed by atoms with E-state index in [1.807, 2.05) is 24.3 Å². The van der Waals surface area contributed by atoms with Gasteiger partial charge in [0.25, 0.3) is 5.91 Å². The second-order valence-corrected chi connectivity index (χ2v) is 6.84. The number of carbonyl (C=O) groups is 3. The number of fused-ring (bicyclic) bond motifs is 1. The molecule has 3 rings (SSSR count). The maximum absolute atomic E-state index is 12.3. The van der Waals surface area contributed by atoms with Crippen molar-refractivity contribution >= 4 is 24.0 Å². The number of hydrogen-bond acceptors (Lipinski definition) is 5. The Hall–Kier alpha value is -2.83. The van der Waals surface area contributed by atoms with Crippen LogP contribution < -0.4 is 15.4 Å². The van der Waals surface area contributed by atoms with Crippen molar-refractivity contribution in [2.45, 2.75) is 51.2 Å². The highest BCUT2D eigenvalue weighted by atomic mass is 16.6. The number of nitrogens with one attached hydrogen (secondary N) is 2. The number of carbonyl (C=O) groups excluding carboxylic acids is 3. The number of rotatable bonds is 4. The van der Waals surface area contributed by atoms with Crippen LogP contribution in [0.1, 0.15) is 44.6 Å². The Morgan fingerprint density at radius 1 is 1.15 bits per heavy atom. The molecule has 1 aliphatic heterocycles. The predicted octanol–water partition coefficient (Wildman–Crippen LogP) is 2.55. The van der Waals surface area contributed by atoms with E-state index in [2.05, 4.69) is 10.6 Å². The van der Waals surface area contributed by atoms with Crippen molar-refractivity contribution in [2.75, 3.05) is 6.61 Å². The second-order valence-electron chi connectivity index (χ2n) is 6.84. The van der Waals surface area contributed by atoms with E-state index in [0.29, 0.717) is 11.3 Å². The summed E-state index contributed by atoms with van der Waals surface area (Å²) in [7, 11) is 0. The van der Waals surface area contributed by atoms with Crippen LogP contribution in [0.15, 0.2) is 29.8 Å². The third-order valence-corrected chi connectivity index (χ3v) is 4.72. The minimum Gasteiger partial charge on any atom is -0.488 e. The van der Waals surface area contributed by atoms with E-state index in [1.54, 1.807) is 6.08 Å². The molecule has 27 heavy (non-hydrogen) atoms. The summed E-state index contributed by atoms with van der Waals surface area (Å²) in [6.45, 7) is 1.51. The van der Waals surface area contributed by atoms with Gasteiger partial charge in [-0.15, -0.1) is 0 Å². The third kappa shape index (κ3) is 5.09. The van der Waals surface area contributed by atoms with Crippen LogP contribution in [0.25, 0.3) is 6.08 Å². The smallest absolute Gasteiger partial charge is 0.338 e. The van der Waals surface area contributed by atoms with Crippen molar-refractivity contribution in [1.82, 2.24) is 10.6 Å². The standard InChI is InChI=1S/C20H24N2O5/c1-13(18(23)22-20(25)21-16-8-3-2-4-9-16)27-19(24)15-11-14-7-5-6-10-17(14)26-12-15/h5-7,10-11,13,16H,2-4,8-9,12H2,1H3,(H2,21,22,23,25)/t13-/m0/s1. The summed E-state index contributed by atoms with van der Waals surface area (Å²) in [4.78, 5) is 36.3. The van der Waals surface area contributed by atoms with Crippen LogP contribution in [0, 0.1) is 0 Å². The molecule has 0 saturated heterocycles. The number of amides is 3. The highest BCUT2D eigenvalue weighted by molar-refractivity contribution is 6.00. The third-order valence-electron chi connectivity index (χ3n) is 4.72. The van der Waals surface area contributed by atoms with Gasteiger partial charge in [0, 0.05) is 11.6 Å². The molecule has 2 aliphatic rings. The summed E-state index contributed by atoms with van der Waals surface area (Å²) >= 11 is 0. The highest BCUT2D eigenvalue weighted by Gasteiger charge is 2.25. The first-order valence-electron chi connectivity index (χ1n) is 9.27. The number of para-hydroxylation sites is 1. The zero-order valence-electron chi connectivity index (χ0n) is 15.3. The molecule has 3 amide bonds. The monoisotopic (exact) mass is 372 g/mol. The molecule has 1 aliphatic carbocycles. The van der Waals surface area contributed by atoms with E-state index in [1.165, 1.54) is 13.3 Å². The number of urea groups is 1. The summed E-state index contributed by atoms with van der Waals surface area (Å²) in [6.07, 6.45) is 5.76. The molecule has 1 fully saturated rings. The number of ether oxygens (including phenoxy) is 2. The van der Waals surface area contributed by atoms with Crippen molar-refractivity contribution in [3.8, 4) is 5.75 Å². The van der Waals surface area contributed by atoms with Crippen LogP contribution in [-0.4, -0.2) is 36.7 Å². The van der Waals surface area contributed by atoms with Crippen LogP contribution in [0.4, 0.5) is 4.79 Å². The van der Waals surface area contributed by atoms with Crippen molar-refractivity contribution in [2.24, 2.45) is 0 Å². The van der Waals surface area contributed by atoms with E-state index >= 15 is 0 Å². The van der Waals surface area contributed by atoms with E-state index < -0.39 is 24.0 Å². The fraction of sp³-hybridized carbons (Fsp3) is 0.450. The maximum Gasteiger partial charge on any atom is 0.338 e. The Balaban J connectivity index is 1.50. The lowest BCUT2D eigenvalue weighted by molar-refractivity contribution is -0.151. The molecule has 144 valence electrons. The first-order valence-corrected chi connectivity index (χ1v) is 9.27. The molecule has 7 heteroatoms. The number of esters is 1. The van der Waals surface area contributed by atoms with Gasteiger partial charge < -0.3 is 14.8 Å². The summed E-state index contributed by atoms with van der Waals surface area (Å²) in [5.41, 5.74) is 1.10. The first-order chi connectivity index (χ1) is 13.0. The maximum atomic E-state index is 12.3. The fourth-order valence-electron chi connectivity index (χ4n) is 3.21. The molecule has 7 nitrogen and oxygen atoms in total. The summed E-state index contributed by atoms with van der Waals surface area (Å²) in [5.74, 6) is -0.603. The molecular formula is C20H24N2O5. The van der Waals surface area contributed by atoms with Crippen LogP contribution >= 0.6 is 0 Å². The van der Waals surface area contributed by atoms with Crippen molar-refractivity contribution < 1.29 is 23.9 Å². The van der Waals surface area contributed by atoms with E-state index in [0.717, 1.165) is 31.2 Å². The lowest BCUT2D eigenvalue weighted by Gasteiger charge is -2.23. The van der Waals surface area contributed by atoms with Crippen LogP contribution in [0.2, 0.25) is 0 Å². The quantitative estimate of drug-likeness (QED) is 0.792. The molecule has 2 N–H and O–H groups in total. The predicted molar refractivity (Wildman–Crippen MR) is 99.0 cm³/mol. The Labute approximate surface area is 158 Å². The van der Waals surface area contributed by atoms with Gasteiger partial charge in [-0.1, -0.05) is 37.5 Å². The van der Waals surface area contributed by atoms with Crippen LogP contribution in [-0.2, 0) is 14.3 Å². The molecule has 0 aromatic heterocycles. The van der Waals surface area contributed by atoms with Gasteiger partial charge in [-0.3, -0.25) is 10.1 Å². The van der Waals surface area contributed by atoms with E-state index in [-0.39, 0.29) is 12.6 Å². The zero-order chi connectivity index (χ0) is 19.2. The highest BCUT2D eigenvalue weighted by Crippen LogP contribution is 2.26. The van der Waals surface area contributed by atoms with Gasteiger partial charge in [-0.25, -0.2) is 9.59 Å². The van der Waals surface area contributed by atoms with Gasteiger partial charge >= 0.3 is 12.0 Å². The average molecular weight is 372 g/mol. The minimum atomic E-state index is -1.09.